The minimum absolute atomic E-state index is 0.0826. The summed E-state index contributed by atoms with van der Waals surface area (Å²) in [6.45, 7) is 8.69. The molecule has 2 aliphatic heterocycles. The first-order chi connectivity index (χ1) is 19.1. The summed E-state index contributed by atoms with van der Waals surface area (Å²) in [7, 11) is 0. The van der Waals surface area contributed by atoms with Crippen LogP contribution in [-0.4, -0.2) is 57.7 Å². The number of alkyl halides is 1. The molecule has 10 heteroatoms. The van der Waals surface area contributed by atoms with E-state index in [1.807, 2.05) is 45.9 Å². The van der Waals surface area contributed by atoms with Crippen LogP contribution in [0.15, 0.2) is 36.5 Å². The SMILES string of the molecule is CCC(N)c1ccc(OC2CN(C(=O)C3CC3F)C2)c2cnc(Nc3ccc4c(n3)C(C)C(C)(C)OC4=O)cc12. The number of nitrogens with one attached hydrogen (secondary N) is 1. The number of amides is 1. The minimum atomic E-state index is -0.996. The number of carbonyl (C=O) groups excluding carboxylic acids is 2. The molecule has 2 aromatic heterocycles. The van der Waals surface area contributed by atoms with Crippen LogP contribution in [0.25, 0.3) is 10.8 Å². The standard InChI is InChI=1S/C30H34FN5O4/c1-5-23(32)17-6-8-24(39-16-13-36(14-16)28(37)20-10-22(20)31)21-12-33-26(11-19(17)21)34-25-9-7-18-27(35-25)15(2)30(3,4)40-29(18)38/h6-9,11-12,15-16,20,22-23H,5,10,13-14,32H2,1-4H3,(H,33,34,35). The normalized spacial score (nSPS) is 24.1. The van der Waals surface area contributed by atoms with Crippen molar-refractivity contribution in [2.75, 3.05) is 18.4 Å². The number of halogens is 1. The van der Waals surface area contributed by atoms with Crippen molar-refractivity contribution >= 4 is 34.3 Å². The van der Waals surface area contributed by atoms with Gasteiger partial charge in [0.1, 0.15) is 35.3 Å². The van der Waals surface area contributed by atoms with Crippen LogP contribution in [-0.2, 0) is 9.53 Å². The van der Waals surface area contributed by atoms with E-state index in [9.17, 15) is 14.0 Å². The Labute approximate surface area is 232 Å². The molecule has 1 aromatic carbocycles. The number of rotatable bonds is 7. The van der Waals surface area contributed by atoms with E-state index in [0.29, 0.717) is 48.2 Å². The van der Waals surface area contributed by atoms with Crippen LogP contribution in [0.2, 0.25) is 0 Å². The van der Waals surface area contributed by atoms with Gasteiger partial charge in [0.15, 0.2) is 0 Å². The van der Waals surface area contributed by atoms with E-state index >= 15 is 0 Å². The van der Waals surface area contributed by atoms with E-state index in [-0.39, 0.29) is 29.9 Å². The number of anilines is 2. The Morgan fingerprint density at radius 1 is 1.25 bits per heavy atom. The summed E-state index contributed by atoms with van der Waals surface area (Å²) in [5.41, 5.74) is 7.94. The number of likely N-dealkylation sites (tertiary alicyclic amines) is 1. The second-order valence-electron chi connectivity index (χ2n) is 11.6. The summed E-state index contributed by atoms with van der Waals surface area (Å²) in [5.74, 6) is 0.768. The molecule has 40 heavy (non-hydrogen) atoms. The quantitative estimate of drug-likeness (QED) is 0.406. The van der Waals surface area contributed by atoms with Crippen molar-refractivity contribution < 1.29 is 23.5 Å². The highest BCUT2D eigenvalue weighted by Crippen LogP contribution is 2.40. The third kappa shape index (κ3) is 4.64. The van der Waals surface area contributed by atoms with Gasteiger partial charge in [-0.2, -0.15) is 0 Å². The molecule has 3 aliphatic rings. The predicted octanol–water partition coefficient (Wildman–Crippen LogP) is 4.78. The number of nitrogens with two attached hydrogens (primary N) is 1. The van der Waals surface area contributed by atoms with Gasteiger partial charge in [0, 0.05) is 23.5 Å². The van der Waals surface area contributed by atoms with Gasteiger partial charge in [-0.25, -0.2) is 19.2 Å². The number of pyridine rings is 2. The van der Waals surface area contributed by atoms with Crippen LogP contribution in [0.3, 0.4) is 0 Å². The molecule has 1 amide bonds. The van der Waals surface area contributed by atoms with Crippen LogP contribution in [0.4, 0.5) is 16.0 Å². The maximum Gasteiger partial charge on any atom is 0.340 e. The van der Waals surface area contributed by atoms with Crippen molar-refractivity contribution in [1.29, 1.82) is 0 Å². The highest BCUT2D eigenvalue weighted by atomic mass is 19.1. The molecule has 1 aliphatic carbocycles. The first-order valence-corrected chi connectivity index (χ1v) is 13.8. The van der Waals surface area contributed by atoms with Crippen molar-refractivity contribution in [1.82, 2.24) is 14.9 Å². The molecule has 1 saturated carbocycles. The van der Waals surface area contributed by atoms with Gasteiger partial charge in [0.25, 0.3) is 0 Å². The first kappa shape index (κ1) is 26.4. The fourth-order valence-electron chi connectivity index (χ4n) is 5.37. The molecular weight excluding hydrogens is 513 g/mol. The molecule has 0 radical (unpaired) electrons. The third-order valence-electron chi connectivity index (χ3n) is 8.43. The molecule has 3 aromatic rings. The molecule has 0 spiro atoms. The van der Waals surface area contributed by atoms with Gasteiger partial charge in [-0.3, -0.25) is 4.79 Å². The topological polar surface area (TPSA) is 120 Å². The Morgan fingerprint density at radius 3 is 2.70 bits per heavy atom. The summed E-state index contributed by atoms with van der Waals surface area (Å²) in [6, 6.07) is 9.10. The molecular formula is C30H34FN5O4. The molecule has 0 bridgehead atoms. The lowest BCUT2D eigenvalue weighted by molar-refractivity contribution is -0.141. The van der Waals surface area contributed by atoms with Crippen LogP contribution in [0.1, 0.15) is 74.1 Å². The zero-order chi connectivity index (χ0) is 28.3. The average molecular weight is 548 g/mol. The van der Waals surface area contributed by atoms with Crippen LogP contribution < -0.4 is 15.8 Å². The maximum absolute atomic E-state index is 13.3. The molecule has 210 valence electrons. The molecule has 6 rings (SSSR count). The van der Waals surface area contributed by atoms with Crippen molar-refractivity contribution in [2.45, 2.75) is 70.4 Å². The van der Waals surface area contributed by atoms with E-state index in [2.05, 4.69) is 10.3 Å². The average Bonchev–Trinajstić information content (AvgIpc) is 3.64. The molecule has 4 unspecified atom stereocenters. The Morgan fingerprint density at radius 2 is 2.00 bits per heavy atom. The Balaban J connectivity index is 1.26. The van der Waals surface area contributed by atoms with E-state index < -0.39 is 17.7 Å². The number of hydrogen-bond donors (Lipinski definition) is 2. The summed E-state index contributed by atoms with van der Waals surface area (Å²) in [4.78, 5) is 35.8. The smallest absolute Gasteiger partial charge is 0.340 e. The second kappa shape index (κ2) is 9.69. The maximum atomic E-state index is 13.3. The second-order valence-corrected chi connectivity index (χ2v) is 11.6. The van der Waals surface area contributed by atoms with E-state index in [1.54, 1.807) is 23.2 Å². The highest BCUT2D eigenvalue weighted by molar-refractivity contribution is 5.94. The highest BCUT2D eigenvalue weighted by Gasteiger charge is 2.48. The largest absolute Gasteiger partial charge is 0.486 e. The van der Waals surface area contributed by atoms with Gasteiger partial charge in [-0.05, 0) is 61.9 Å². The monoisotopic (exact) mass is 547 g/mol. The fraction of sp³-hybridized carbons (Fsp3) is 0.467. The van der Waals surface area contributed by atoms with Gasteiger partial charge < -0.3 is 25.4 Å². The summed E-state index contributed by atoms with van der Waals surface area (Å²) < 4.78 is 25.1. The number of benzene rings is 1. The number of aromatic nitrogens is 2. The van der Waals surface area contributed by atoms with E-state index in [0.717, 1.165) is 22.8 Å². The van der Waals surface area contributed by atoms with Crippen molar-refractivity contribution in [3.63, 3.8) is 0 Å². The van der Waals surface area contributed by atoms with Crippen LogP contribution >= 0.6 is 0 Å². The van der Waals surface area contributed by atoms with Crippen LogP contribution in [0.5, 0.6) is 5.75 Å². The van der Waals surface area contributed by atoms with Crippen molar-refractivity contribution in [3.8, 4) is 5.75 Å². The first-order valence-electron chi connectivity index (χ1n) is 13.8. The molecule has 2 fully saturated rings. The molecule has 3 N–H and O–H groups in total. The molecule has 4 heterocycles. The molecule has 9 nitrogen and oxygen atoms in total. The number of carbonyl (C=O) groups is 2. The zero-order valence-corrected chi connectivity index (χ0v) is 23.1. The van der Waals surface area contributed by atoms with Gasteiger partial charge in [-0.1, -0.05) is 19.9 Å². The predicted molar refractivity (Wildman–Crippen MR) is 148 cm³/mol. The Bertz CT molecular complexity index is 1500. The van der Waals surface area contributed by atoms with Gasteiger partial charge in [0.05, 0.1) is 30.3 Å². The molecule has 4 atom stereocenters. The van der Waals surface area contributed by atoms with Crippen LogP contribution in [0, 0.1) is 5.92 Å². The van der Waals surface area contributed by atoms with E-state index in [4.69, 9.17) is 20.2 Å². The lowest BCUT2D eigenvalue weighted by Gasteiger charge is -2.39. The van der Waals surface area contributed by atoms with Gasteiger partial charge in [-0.15, -0.1) is 0 Å². The van der Waals surface area contributed by atoms with Gasteiger partial charge >= 0.3 is 5.97 Å². The lowest BCUT2D eigenvalue weighted by atomic mass is 9.84. The fourth-order valence-corrected chi connectivity index (χ4v) is 5.37. The van der Waals surface area contributed by atoms with Crippen molar-refractivity contribution in [3.05, 3.63) is 53.3 Å². The Hall–Kier alpha value is -3.79. The van der Waals surface area contributed by atoms with Gasteiger partial charge in [0.2, 0.25) is 5.91 Å². The number of fused-ring (bicyclic) bond motifs is 2. The summed E-state index contributed by atoms with van der Waals surface area (Å²) in [5, 5.41) is 5.01. The number of cyclic esters (lactones) is 1. The zero-order valence-electron chi connectivity index (χ0n) is 23.1. The molecule has 1 saturated heterocycles. The summed E-state index contributed by atoms with van der Waals surface area (Å²) in [6.07, 6.45) is 1.68. The number of ether oxygens (including phenoxy) is 2. The van der Waals surface area contributed by atoms with E-state index in [1.165, 1.54) is 0 Å². The number of esters is 1. The summed E-state index contributed by atoms with van der Waals surface area (Å²) >= 11 is 0. The third-order valence-corrected chi connectivity index (χ3v) is 8.43. The van der Waals surface area contributed by atoms with Crippen molar-refractivity contribution in [2.24, 2.45) is 11.7 Å². The minimum Gasteiger partial charge on any atom is -0.486 e. The number of hydrogen-bond acceptors (Lipinski definition) is 8. The Kier molecular flexibility index (Phi) is 6.40. The number of nitrogens with zero attached hydrogens (tertiary/aromatic N) is 3. The lowest BCUT2D eigenvalue weighted by Crippen LogP contribution is -2.56.